The van der Waals surface area contributed by atoms with E-state index in [-0.39, 0.29) is 6.10 Å². The number of rotatable bonds is 2. The predicted octanol–water partition coefficient (Wildman–Crippen LogP) is 1.98. The molecule has 4 atom stereocenters. The standard InChI is InChI=1S/C10H16O2/c1-7-4-8-2-3-9(7)10(5-8)12-6-11/h6-10H,2-5H2,1H3. The molecular weight excluding hydrogens is 152 g/mol. The SMILES string of the molecule is CC1CC2CCC1C(OC=O)C2. The van der Waals surface area contributed by atoms with E-state index in [2.05, 4.69) is 6.92 Å². The van der Waals surface area contributed by atoms with Crippen molar-refractivity contribution in [2.24, 2.45) is 17.8 Å². The van der Waals surface area contributed by atoms with Crippen LogP contribution in [-0.2, 0) is 9.53 Å². The molecule has 0 aromatic carbocycles. The highest BCUT2D eigenvalue weighted by atomic mass is 16.5. The number of hydrogen-bond acceptors (Lipinski definition) is 2. The van der Waals surface area contributed by atoms with Gasteiger partial charge in [-0.2, -0.15) is 0 Å². The maximum Gasteiger partial charge on any atom is 0.293 e. The van der Waals surface area contributed by atoms with Crippen molar-refractivity contribution >= 4 is 6.47 Å². The number of carbonyl (C=O) groups excluding carboxylic acids is 1. The number of ether oxygens (including phenoxy) is 1. The highest BCUT2D eigenvalue weighted by molar-refractivity contribution is 5.37. The second kappa shape index (κ2) is 3.08. The average Bonchev–Trinajstić information content (AvgIpc) is 2.05. The maximum absolute atomic E-state index is 10.2. The van der Waals surface area contributed by atoms with Crippen LogP contribution in [0.1, 0.15) is 32.6 Å². The van der Waals surface area contributed by atoms with Gasteiger partial charge in [0.05, 0.1) is 0 Å². The van der Waals surface area contributed by atoms with Crippen LogP contribution in [0, 0.1) is 17.8 Å². The normalized spacial score (nSPS) is 45.8. The summed E-state index contributed by atoms with van der Waals surface area (Å²) in [6.07, 6.45) is 5.33. The molecule has 0 heterocycles. The molecule has 0 radical (unpaired) electrons. The van der Waals surface area contributed by atoms with Gasteiger partial charge >= 0.3 is 0 Å². The third kappa shape index (κ3) is 1.23. The Hall–Kier alpha value is -0.530. The van der Waals surface area contributed by atoms with Crippen molar-refractivity contribution < 1.29 is 9.53 Å². The third-order valence-electron chi connectivity index (χ3n) is 3.62. The Morgan fingerprint density at radius 2 is 2.17 bits per heavy atom. The van der Waals surface area contributed by atoms with Crippen LogP contribution in [0.2, 0.25) is 0 Å². The minimum absolute atomic E-state index is 0.241. The minimum Gasteiger partial charge on any atom is -0.464 e. The molecule has 3 saturated carbocycles. The second-order valence-electron chi connectivity index (χ2n) is 4.33. The topological polar surface area (TPSA) is 26.3 Å². The Bertz CT molecular complexity index is 179. The molecule has 3 aliphatic carbocycles. The fourth-order valence-electron chi connectivity index (χ4n) is 3.03. The van der Waals surface area contributed by atoms with Crippen molar-refractivity contribution in [2.75, 3.05) is 0 Å². The molecule has 0 saturated heterocycles. The molecule has 0 spiro atoms. The average molecular weight is 168 g/mol. The smallest absolute Gasteiger partial charge is 0.293 e. The highest BCUT2D eigenvalue weighted by Gasteiger charge is 2.41. The van der Waals surface area contributed by atoms with Crippen molar-refractivity contribution in [1.82, 2.24) is 0 Å². The summed E-state index contributed by atoms with van der Waals surface area (Å²) in [7, 11) is 0. The van der Waals surface area contributed by atoms with Crippen LogP contribution in [-0.4, -0.2) is 12.6 Å². The van der Waals surface area contributed by atoms with Crippen molar-refractivity contribution in [3.63, 3.8) is 0 Å². The van der Waals surface area contributed by atoms with E-state index >= 15 is 0 Å². The summed E-state index contributed by atoms with van der Waals surface area (Å²) in [4.78, 5) is 10.2. The lowest BCUT2D eigenvalue weighted by molar-refractivity contribution is -0.144. The van der Waals surface area contributed by atoms with Crippen LogP contribution in [0.25, 0.3) is 0 Å². The first-order chi connectivity index (χ1) is 5.81. The summed E-state index contributed by atoms with van der Waals surface area (Å²) in [5, 5.41) is 0. The zero-order valence-electron chi connectivity index (χ0n) is 7.53. The second-order valence-corrected chi connectivity index (χ2v) is 4.33. The van der Waals surface area contributed by atoms with Crippen molar-refractivity contribution in [3.05, 3.63) is 0 Å². The Balaban J connectivity index is 2.03. The fourth-order valence-corrected chi connectivity index (χ4v) is 3.03. The molecule has 2 nitrogen and oxygen atoms in total. The molecule has 0 N–H and O–H groups in total. The molecule has 3 aliphatic rings. The zero-order valence-corrected chi connectivity index (χ0v) is 7.53. The third-order valence-corrected chi connectivity index (χ3v) is 3.62. The van der Waals surface area contributed by atoms with E-state index in [1.807, 2.05) is 0 Å². The monoisotopic (exact) mass is 168 g/mol. The minimum atomic E-state index is 0.241. The van der Waals surface area contributed by atoms with Gasteiger partial charge in [-0.15, -0.1) is 0 Å². The lowest BCUT2D eigenvalue weighted by atomic mass is 9.64. The fraction of sp³-hybridized carbons (Fsp3) is 0.900. The quantitative estimate of drug-likeness (QED) is 0.589. The molecule has 0 aliphatic heterocycles. The van der Waals surface area contributed by atoms with Crippen LogP contribution in [0.4, 0.5) is 0 Å². The van der Waals surface area contributed by atoms with Crippen molar-refractivity contribution in [3.8, 4) is 0 Å². The predicted molar refractivity (Wildman–Crippen MR) is 45.5 cm³/mol. The molecule has 12 heavy (non-hydrogen) atoms. The molecule has 3 rings (SSSR count). The zero-order chi connectivity index (χ0) is 8.55. The molecule has 0 aromatic rings. The van der Waals surface area contributed by atoms with Crippen LogP contribution >= 0.6 is 0 Å². The van der Waals surface area contributed by atoms with Crippen molar-refractivity contribution in [2.45, 2.75) is 38.7 Å². The first-order valence-corrected chi connectivity index (χ1v) is 4.90. The molecule has 2 bridgehead atoms. The molecule has 0 aromatic heterocycles. The maximum atomic E-state index is 10.2. The van der Waals surface area contributed by atoms with E-state index in [1.54, 1.807) is 0 Å². The number of hydrogen-bond donors (Lipinski definition) is 0. The Morgan fingerprint density at radius 3 is 2.75 bits per heavy atom. The van der Waals surface area contributed by atoms with Gasteiger partial charge in [-0.3, -0.25) is 4.79 Å². The first kappa shape index (κ1) is 8.09. The number of carbonyl (C=O) groups is 1. The van der Waals surface area contributed by atoms with Crippen LogP contribution in [0.15, 0.2) is 0 Å². The Labute approximate surface area is 73.3 Å². The van der Waals surface area contributed by atoms with E-state index in [1.165, 1.54) is 19.3 Å². The first-order valence-electron chi connectivity index (χ1n) is 4.90. The summed E-state index contributed by atoms with van der Waals surface area (Å²) in [5.41, 5.74) is 0. The molecular formula is C10H16O2. The highest BCUT2D eigenvalue weighted by Crippen LogP contribution is 2.45. The van der Waals surface area contributed by atoms with Gasteiger partial charge < -0.3 is 4.74 Å². The summed E-state index contributed by atoms with van der Waals surface area (Å²) in [6.45, 7) is 2.91. The lowest BCUT2D eigenvalue weighted by Gasteiger charge is -2.45. The molecule has 3 fully saturated rings. The van der Waals surface area contributed by atoms with Gasteiger partial charge in [-0.1, -0.05) is 6.92 Å². The van der Waals surface area contributed by atoms with E-state index < -0.39 is 0 Å². The van der Waals surface area contributed by atoms with E-state index in [9.17, 15) is 4.79 Å². The van der Waals surface area contributed by atoms with Crippen molar-refractivity contribution in [1.29, 1.82) is 0 Å². The Morgan fingerprint density at radius 1 is 1.33 bits per heavy atom. The van der Waals surface area contributed by atoms with Gasteiger partial charge in [0.25, 0.3) is 6.47 Å². The van der Waals surface area contributed by atoms with E-state index in [0.717, 1.165) is 18.3 Å². The van der Waals surface area contributed by atoms with Crippen LogP contribution in [0.5, 0.6) is 0 Å². The molecule has 4 unspecified atom stereocenters. The van der Waals surface area contributed by atoms with Gasteiger partial charge in [-0.05, 0) is 43.4 Å². The summed E-state index contributed by atoms with van der Waals surface area (Å²) in [5.74, 6) is 2.25. The summed E-state index contributed by atoms with van der Waals surface area (Å²) in [6, 6.07) is 0. The molecule has 2 heteroatoms. The lowest BCUT2D eigenvalue weighted by Crippen LogP contribution is -2.41. The van der Waals surface area contributed by atoms with Gasteiger partial charge in [0.1, 0.15) is 6.10 Å². The van der Waals surface area contributed by atoms with Gasteiger partial charge in [-0.25, -0.2) is 0 Å². The molecule has 68 valence electrons. The van der Waals surface area contributed by atoms with E-state index in [0.29, 0.717) is 12.4 Å². The summed E-state index contributed by atoms with van der Waals surface area (Å²) >= 11 is 0. The Kier molecular flexibility index (Phi) is 2.07. The van der Waals surface area contributed by atoms with Gasteiger partial charge in [0.2, 0.25) is 0 Å². The van der Waals surface area contributed by atoms with Gasteiger partial charge in [0.15, 0.2) is 0 Å². The number of fused-ring (bicyclic) bond motifs is 3. The van der Waals surface area contributed by atoms with E-state index in [4.69, 9.17) is 4.74 Å². The van der Waals surface area contributed by atoms with Crippen LogP contribution < -0.4 is 0 Å². The molecule has 0 amide bonds. The largest absolute Gasteiger partial charge is 0.464 e. The van der Waals surface area contributed by atoms with Gasteiger partial charge in [0, 0.05) is 0 Å². The summed E-state index contributed by atoms with van der Waals surface area (Å²) < 4.78 is 5.11. The van der Waals surface area contributed by atoms with Crippen LogP contribution in [0.3, 0.4) is 0 Å².